The second kappa shape index (κ2) is 12.0. The van der Waals surface area contributed by atoms with Crippen LogP contribution in [0.1, 0.15) is 73.6 Å². The quantitative estimate of drug-likeness (QED) is 0.0671. The van der Waals surface area contributed by atoms with Crippen molar-refractivity contribution in [3.8, 4) is 0 Å². The first kappa shape index (κ1) is 26.8. The number of hydrogen-bond acceptors (Lipinski definition) is 4. The standard InChI is InChI=1S/C25H37IO4/c1-18(2)9-8-13-24(6,15-16-27)14-12-21(29-23(28)17-19(3)4)25(7)22(30-25)11-10-20(5)26/h9,12,14,16-17,21-22H,5,8,10-11,13,15H2,1-4,6-7H3/b14-12+/t21-,22-,24-,25+/m1/s1. The summed E-state index contributed by atoms with van der Waals surface area (Å²) in [5.74, 6) is -0.375. The zero-order valence-electron chi connectivity index (χ0n) is 19.3. The van der Waals surface area contributed by atoms with Crippen LogP contribution >= 0.6 is 22.6 Å². The molecule has 168 valence electrons. The number of aldehydes is 1. The van der Waals surface area contributed by atoms with Gasteiger partial charge in [-0.1, -0.05) is 36.8 Å². The molecule has 1 aliphatic heterocycles. The van der Waals surface area contributed by atoms with E-state index in [9.17, 15) is 9.59 Å². The summed E-state index contributed by atoms with van der Waals surface area (Å²) >= 11 is 2.22. The molecular formula is C25H37IO4. The summed E-state index contributed by atoms with van der Waals surface area (Å²) < 4.78 is 12.9. The van der Waals surface area contributed by atoms with Gasteiger partial charge in [0, 0.05) is 12.5 Å². The Balaban J connectivity index is 3.03. The molecule has 4 atom stereocenters. The Bertz CT molecular complexity index is 713. The maximum absolute atomic E-state index is 12.3. The first-order chi connectivity index (χ1) is 13.9. The van der Waals surface area contributed by atoms with Crippen molar-refractivity contribution < 1.29 is 19.1 Å². The number of ether oxygens (including phenoxy) is 2. The summed E-state index contributed by atoms with van der Waals surface area (Å²) in [7, 11) is 0. The SMILES string of the molecule is C=C(I)CC[C@H]1O[C@@]1(C)[C@@H](/C=C/[C@](C)(CC=O)CCC=C(C)C)OC(=O)C=C(C)C. The van der Waals surface area contributed by atoms with Gasteiger partial charge in [-0.3, -0.25) is 0 Å². The van der Waals surface area contributed by atoms with Gasteiger partial charge in [0.2, 0.25) is 0 Å². The molecule has 0 aromatic carbocycles. The van der Waals surface area contributed by atoms with E-state index >= 15 is 0 Å². The van der Waals surface area contributed by atoms with E-state index in [1.165, 1.54) is 11.6 Å². The van der Waals surface area contributed by atoms with Crippen molar-refractivity contribution in [2.75, 3.05) is 0 Å². The zero-order chi connectivity index (χ0) is 22.9. The normalized spacial score (nSPS) is 23.2. The van der Waals surface area contributed by atoms with Crippen LogP contribution in [0.15, 0.2) is 45.6 Å². The molecule has 1 rings (SSSR count). The lowest BCUT2D eigenvalue weighted by Gasteiger charge is -2.25. The Hall–Kier alpha value is -1.21. The molecule has 0 spiro atoms. The minimum absolute atomic E-state index is 0.0150. The summed E-state index contributed by atoms with van der Waals surface area (Å²) in [4.78, 5) is 23.6. The van der Waals surface area contributed by atoms with Gasteiger partial charge in [0.25, 0.3) is 0 Å². The van der Waals surface area contributed by atoms with Gasteiger partial charge in [0.05, 0.1) is 6.10 Å². The molecule has 0 saturated carbocycles. The summed E-state index contributed by atoms with van der Waals surface area (Å²) in [5, 5.41) is 0. The third-order valence-corrected chi connectivity index (χ3v) is 5.90. The highest BCUT2D eigenvalue weighted by Crippen LogP contribution is 2.45. The van der Waals surface area contributed by atoms with Gasteiger partial charge in [-0.25, -0.2) is 4.79 Å². The number of allylic oxidation sites excluding steroid dienone is 5. The van der Waals surface area contributed by atoms with E-state index in [-0.39, 0.29) is 17.5 Å². The van der Waals surface area contributed by atoms with E-state index < -0.39 is 11.7 Å². The van der Waals surface area contributed by atoms with Crippen molar-refractivity contribution in [2.45, 2.75) is 91.5 Å². The lowest BCUT2D eigenvalue weighted by Crippen LogP contribution is -2.33. The number of hydrogen-bond donors (Lipinski definition) is 0. The van der Waals surface area contributed by atoms with E-state index in [4.69, 9.17) is 9.47 Å². The van der Waals surface area contributed by atoms with Gasteiger partial charge in [-0.2, -0.15) is 0 Å². The van der Waals surface area contributed by atoms with Gasteiger partial charge >= 0.3 is 5.97 Å². The Morgan fingerprint density at radius 3 is 2.50 bits per heavy atom. The molecule has 0 aliphatic carbocycles. The minimum atomic E-state index is -0.560. The van der Waals surface area contributed by atoms with E-state index in [1.807, 2.05) is 32.9 Å². The van der Waals surface area contributed by atoms with E-state index in [2.05, 4.69) is 56.0 Å². The van der Waals surface area contributed by atoms with E-state index in [0.717, 1.165) is 41.1 Å². The maximum Gasteiger partial charge on any atom is 0.331 e. The summed E-state index contributed by atoms with van der Waals surface area (Å²) in [6.07, 6.45) is 12.0. The maximum atomic E-state index is 12.3. The lowest BCUT2D eigenvalue weighted by atomic mass is 9.81. The second-order valence-corrected chi connectivity index (χ2v) is 10.7. The molecule has 0 aromatic heterocycles. The molecule has 0 amide bonds. The van der Waals surface area contributed by atoms with Gasteiger partial charge in [0.15, 0.2) is 6.10 Å². The van der Waals surface area contributed by atoms with Crippen LogP contribution in [-0.2, 0) is 19.1 Å². The molecule has 0 aromatic rings. The monoisotopic (exact) mass is 528 g/mol. The van der Waals surface area contributed by atoms with Crippen LogP contribution in [0.5, 0.6) is 0 Å². The van der Waals surface area contributed by atoms with Crippen molar-refractivity contribution in [3.05, 3.63) is 45.6 Å². The van der Waals surface area contributed by atoms with Crippen LogP contribution in [0.2, 0.25) is 0 Å². The molecule has 4 nitrogen and oxygen atoms in total. The van der Waals surface area contributed by atoms with Crippen molar-refractivity contribution in [1.82, 2.24) is 0 Å². The fraction of sp³-hybridized carbons (Fsp3) is 0.600. The molecule has 0 unspecified atom stereocenters. The third kappa shape index (κ3) is 9.29. The first-order valence-corrected chi connectivity index (χ1v) is 11.6. The molecule has 5 heteroatoms. The Kier molecular flexibility index (Phi) is 10.7. The number of esters is 1. The van der Waals surface area contributed by atoms with Crippen LogP contribution in [0, 0.1) is 5.41 Å². The number of carbonyl (C=O) groups is 2. The van der Waals surface area contributed by atoms with Crippen LogP contribution in [-0.4, -0.2) is 30.1 Å². The molecule has 1 saturated heterocycles. The lowest BCUT2D eigenvalue weighted by molar-refractivity contribution is -0.143. The largest absolute Gasteiger partial charge is 0.452 e. The molecule has 1 fully saturated rings. The van der Waals surface area contributed by atoms with E-state index in [0.29, 0.717) is 6.42 Å². The highest BCUT2D eigenvalue weighted by atomic mass is 127. The van der Waals surface area contributed by atoms with Crippen molar-refractivity contribution in [2.24, 2.45) is 5.41 Å². The third-order valence-electron chi connectivity index (χ3n) is 5.36. The Morgan fingerprint density at radius 1 is 1.30 bits per heavy atom. The average Bonchev–Trinajstić information content (AvgIpc) is 3.27. The Morgan fingerprint density at radius 2 is 1.97 bits per heavy atom. The number of carbonyl (C=O) groups excluding carboxylic acids is 2. The molecule has 0 N–H and O–H groups in total. The van der Waals surface area contributed by atoms with Gasteiger partial charge in [-0.05, 0) is 98.0 Å². The van der Waals surface area contributed by atoms with Crippen LogP contribution in [0.4, 0.5) is 0 Å². The van der Waals surface area contributed by atoms with Crippen molar-refractivity contribution in [1.29, 1.82) is 0 Å². The summed E-state index contributed by atoms with van der Waals surface area (Å²) in [6, 6.07) is 0. The topological polar surface area (TPSA) is 55.9 Å². The predicted molar refractivity (Wildman–Crippen MR) is 132 cm³/mol. The van der Waals surface area contributed by atoms with Gasteiger partial charge < -0.3 is 14.3 Å². The molecular weight excluding hydrogens is 491 g/mol. The number of halogens is 1. The van der Waals surface area contributed by atoms with Crippen molar-refractivity contribution >= 4 is 34.8 Å². The second-order valence-electron chi connectivity index (χ2n) is 9.13. The molecule has 1 aliphatic rings. The molecule has 0 bridgehead atoms. The fourth-order valence-corrected chi connectivity index (χ4v) is 3.66. The molecule has 0 radical (unpaired) electrons. The predicted octanol–water partition coefficient (Wildman–Crippen LogP) is 6.65. The van der Waals surface area contributed by atoms with Crippen LogP contribution < -0.4 is 0 Å². The highest BCUT2D eigenvalue weighted by molar-refractivity contribution is 14.1. The number of epoxide rings is 1. The smallest absolute Gasteiger partial charge is 0.331 e. The first-order valence-electron chi connectivity index (χ1n) is 10.5. The average molecular weight is 528 g/mol. The minimum Gasteiger partial charge on any atom is -0.452 e. The Labute approximate surface area is 196 Å². The zero-order valence-corrected chi connectivity index (χ0v) is 21.5. The van der Waals surface area contributed by atoms with Crippen molar-refractivity contribution in [3.63, 3.8) is 0 Å². The molecule has 30 heavy (non-hydrogen) atoms. The van der Waals surface area contributed by atoms with E-state index in [1.54, 1.807) is 0 Å². The van der Waals surface area contributed by atoms with Crippen LogP contribution in [0.3, 0.4) is 0 Å². The van der Waals surface area contributed by atoms with Gasteiger partial charge in [-0.15, -0.1) is 0 Å². The fourth-order valence-electron chi connectivity index (χ4n) is 3.35. The highest BCUT2D eigenvalue weighted by Gasteiger charge is 2.58. The summed E-state index contributed by atoms with van der Waals surface area (Å²) in [5.41, 5.74) is 1.29. The molecule has 1 heterocycles. The summed E-state index contributed by atoms with van der Waals surface area (Å²) in [6.45, 7) is 15.9. The number of rotatable bonds is 13. The van der Waals surface area contributed by atoms with Crippen LogP contribution in [0.25, 0.3) is 0 Å². The van der Waals surface area contributed by atoms with Gasteiger partial charge in [0.1, 0.15) is 11.9 Å².